The van der Waals surface area contributed by atoms with Crippen LogP contribution >= 0.6 is 15.9 Å². The van der Waals surface area contributed by atoms with Crippen LogP contribution in [0, 0.1) is 5.82 Å². The van der Waals surface area contributed by atoms with Gasteiger partial charge < -0.3 is 5.32 Å². The monoisotopic (exact) mass is 400 g/mol. The van der Waals surface area contributed by atoms with Gasteiger partial charge in [0.1, 0.15) is 5.82 Å². The number of rotatable bonds is 5. The van der Waals surface area contributed by atoms with Gasteiger partial charge in [-0.1, -0.05) is 28.1 Å². The van der Waals surface area contributed by atoms with Crippen molar-refractivity contribution < 1.29 is 17.6 Å². The highest BCUT2D eigenvalue weighted by molar-refractivity contribution is 9.10. The van der Waals surface area contributed by atoms with Gasteiger partial charge in [-0.05, 0) is 42.9 Å². The summed E-state index contributed by atoms with van der Waals surface area (Å²) in [6, 6.07) is 10.2. The van der Waals surface area contributed by atoms with Gasteiger partial charge in [-0.3, -0.25) is 4.79 Å². The van der Waals surface area contributed by atoms with E-state index in [2.05, 4.69) is 26.0 Å². The Hall–Kier alpha value is -1.77. The van der Waals surface area contributed by atoms with E-state index >= 15 is 0 Å². The number of benzene rings is 2. The fraction of sp³-hybridized carbons (Fsp3) is 0.133. The Morgan fingerprint density at radius 1 is 1.17 bits per heavy atom. The molecule has 0 aromatic heterocycles. The van der Waals surface area contributed by atoms with Gasteiger partial charge in [-0.15, -0.1) is 0 Å². The van der Waals surface area contributed by atoms with Crippen LogP contribution in [0.3, 0.4) is 0 Å². The Morgan fingerprint density at radius 2 is 1.83 bits per heavy atom. The molecule has 0 aliphatic carbocycles. The summed E-state index contributed by atoms with van der Waals surface area (Å²) in [5.41, 5.74) is 0.647. The summed E-state index contributed by atoms with van der Waals surface area (Å²) in [4.78, 5) is 12.1. The van der Waals surface area contributed by atoms with E-state index in [4.69, 9.17) is 0 Å². The maximum Gasteiger partial charge on any atom is 0.254 e. The Morgan fingerprint density at radius 3 is 2.39 bits per heavy atom. The second kappa shape index (κ2) is 7.20. The maximum atomic E-state index is 13.7. The maximum absolute atomic E-state index is 13.7. The van der Waals surface area contributed by atoms with Crippen molar-refractivity contribution in [3.05, 3.63) is 63.9 Å². The predicted octanol–water partition coefficient (Wildman–Crippen LogP) is 2.43. The lowest BCUT2D eigenvalue weighted by Crippen LogP contribution is -2.24. The number of carbonyl (C=O) groups is 1. The van der Waals surface area contributed by atoms with Crippen LogP contribution in [-0.2, 0) is 16.6 Å². The summed E-state index contributed by atoms with van der Waals surface area (Å²) >= 11 is 3.12. The van der Waals surface area contributed by atoms with E-state index in [1.807, 2.05) is 0 Å². The summed E-state index contributed by atoms with van der Waals surface area (Å²) in [6.07, 6.45) is 0. The standard InChI is InChI=1S/C15H14BrFN2O3S/c1-18-23(21,22)12-5-2-10(3-6-12)9-19-15(20)13-7-4-11(16)8-14(13)17/h2-8,18H,9H2,1H3,(H,19,20). The zero-order valence-electron chi connectivity index (χ0n) is 12.1. The van der Waals surface area contributed by atoms with Crippen LogP contribution in [0.1, 0.15) is 15.9 Å². The van der Waals surface area contributed by atoms with Gasteiger partial charge in [0.15, 0.2) is 0 Å². The lowest BCUT2D eigenvalue weighted by Gasteiger charge is -2.08. The molecule has 5 nitrogen and oxygen atoms in total. The van der Waals surface area contributed by atoms with Gasteiger partial charge in [0.25, 0.3) is 5.91 Å². The molecule has 2 rings (SSSR count). The molecule has 0 aliphatic heterocycles. The molecule has 23 heavy (non-hydrogen) atoms. The molecule has 8 heteroatoms. The van der Waals surface area contributed by atoms with Crippen LogP contribution in [0.4, 0.5) is 4.39 Å². The third-order valence-electron chi connectivity index (χ3n) is 3.13. The topological polar surface area (TPSA) is 75.3 Å². The molecule has 0 spiro atoms. The average molecular weight is 401 g/mol. The smallest absolute Gasteiger partial charge is 0.254 e. The van der Waals surface area contributed by atoms with Crippen molar-refractivity contribution in [2.24, 2.45) is 0 Å². The van der Waals surface area contributed by atoms with Gasteiger partial charge in [0, 0.05) is 11.0 Å². The second-order valence-corrected chi connectivity index (χ2v) is 7.46. The highest BCUT2D eigenvalue weighted by atomic mass is 79.9. The summed E-state index contributed by atoms with van der Waals surface area (Å²) in [7, 11) is -2.16. The number of hydrogen-bond acceptors (Lipinski definition) is 3. The van der Waals surface area contributed by atoms with Crippen molar-refractivity contribution in [3.63, 3.8) is 0 Å². The van der Waals surface area contributed by atoms with E-state index in [1.54, 1.807) is 18.2 Å². The van der Waals surface area contributed by atoms with Crippen molar-refractivity contribution in [1.82, 2.24) is 10.0 Å². The minimum atomic E-state index is -3.49. The molecule has 2 N–H and O–H groups in total. The molecule has 0 aliphatic rings. The quantitative estimate of drug-likeness (QED) is 0.808. The zero-order valence-corrected chi connectivity index (χ0v) is 14.5. The van der Waals surface area contributed by atoms with E-state index in [0.717, 1.165) is 0 Å². The normalized spacial score (nSPS) is 11.3. The van der Waals surface area contributed by atoms with Crippen molar-refractivity contribution in [3.8, 4) is 0 Å². The van der Waals surface area contributed by atoms with Crippen molar-refractivity contribution in [2.75, 3.05) is 7.05 Å². The first-order valence-corrected chi connectivity index (χ1v) is 8.87. The second-order valence-electron chi connectivity index (χ2n) is 4.66. The minimum Gasteiger partial charge on any atom is -0.348 e. The molecule has 0 bridgehead atoms. The van der Waals surface area contributed by atoms with Crippen LogP contribution in [0.5, 0.6) is 0 Å². The van der Waals surface area contributed by atoms with Crippen LogP contribution in [0.15, 0.2) is 51.8 Å². The summed E-state index contributed by atoms with van der Waals surface area (Å²) in [5, 5.41) is 2.59. The molecule has 2 aromatic rings. The number of hydrogen-bond donors (Lipinski definition) is 2. The highest BCUT2D eigenvalue weighted by Gasteiger charge is 2.13. The van der Waals surface area contributed by atoms with Crippen molar-refractivity contribution >= 4 is 31.9 Å². The van der Waals surface area contributed by atoms with Gasteiger partial charge in [-0.25, -0.2) is 17.5 Å². The summed E-state index contributed by atoms with van der Waals surface area (Å²) in [5.74, 6) is -1.16. The third-order valence-corrected chi connectivity index (χ3v) is 5.05. The van der Waals surface area contributed by atoms with Crippen molar-refractivity contribution in [1.29, 1.82) is 0 Å². The number of sulfonamides is 1. The van der Waals surface area contributed by atoms with Crippen LogP contribution < -0.4 is 10.0 Å². The molecular weight excluding hydrogens is 387 g/mol. The molecule has 122 valence electrons. The van der Waals surface area contributed by atoms with E-state index in [0.29, 0.717) is 10.0 Å². The molecule has 0 fully saturated rings. The highest BCUT2D eigenvalue weighted by Crippen LogP contribution is 2.15. The van der Waals surface area contributed by atoms with Gasteiger partial charge in [0.2, 0.25) is 10.0 Å². The Labute approximate surface area is 142 Å². The van der Waals surface area contributed by atoms with E-state index in [-0.39, 0.29) is 17.0 Å². The summed E-state index contributed by atoms with van der Waals surface area (Å²) < 4.78 is 39.7. The predicted molar refractivity (Wildman–Crippen MR) is 88.0 cm³/mol. The van der Waals surface area contributed by atoms with Crippen molar-refractivity contribution in [2.45, 2.75) is 11.4 Å². The Bertz CT molecular complexity index is 823. The average Bonchev–Trinajstić information content (AvgIpc) is 2.53. The number of halogens is 2. The molecule has 0 saturated carbocycles. The number of nitrogens with one attached hydrogen (secondary N) is 2. The number of carbonyl (C=O) groups excluding carboxylic acids is 1. The third kappa shape index (κ3) is 4.37. The molecule has 0 radical (unpaired) electrons. The van der Waals surface area contributed by atoms with Crippen LogP contribution in [0.2, 0.25) is 0 Å². The van der Waals surface area contributed by atoms with E-state index in [1.165, 1.54) is 31.3 Å². The van der Waals surface area contributed by atoms with Gasteiger partial charge in [0.05, 0.1) is 10.5 Å². The first-order valence-electron chi connectivity index (χ1n) is 6.59. The van der Waals surface area contributed by atoms with E-state index < -0.39 is 21.7 Å². The first-order chi connectivity index (χ1) is 10.8. The largest absolute Gasteiger partial charge is 0.348 e. The molecular formula is C15H14BrFN2O3S. The lowest BCUT2D eigenvalue weighted by atomic mass is 10.2. The zero-order chi connectivity index (χ0) is 17.0. The minimum absolute atomic E-state index is 0.0532. The lowest BCUT2D eigenvalue weighted by molar-refractivity contribution is 0.0947. The van der Waals surface area contributed by atoms with Gasteiger partial charge >= 0.3 is 0 Å². The fourth-order valence-electron chi connectivity index (χ4n) is 1.86. The first kappa shape index (κ1) is 17.6. The van der Waals surface area contributed by atoms with Crippen LogP contribution in [-0.4, -0.2) is 21.4 Å². The van der Waals surface area contributed by atoms with E-state index in [9.17, 15) is 17.6 Å². The molecule has 1 amide bonds. The fourth-order valence-corrected chi connectivity index (χ4v) is 2.92. The Kier molecular flexibility index (Phi) is 5.51. The SMILES string of the molecule is CNS(=O)(=O)c1ccc(CNC(=O)c2ccc(Br)cc2F)cc1. The van der Waals surface area contributed by atoms with Gasteiger partial charge in [-0.2, -0.15) is 0 Å². The Balaban J connectivity index is 2.05. The molecule has 0 saturated heterocycles. The molecule has 0 unspecified atom stereocenters. The molecule has 2 aromatic carbocycles. The number of amides is 1. The molecule has 0 atom stereocenters. The summed E-state index contributed by atoms with van der Waals surface area (Å²) in [6.45, 7) is 0.161. The van der Waals surface area contributed by atoms with Crippen LogP contribution in [0.25, 0.3) is 0 Å². The molecule has 0 heterocycles.